The Balaban J connectivity index is 0.00000364. The van der Waals surface area contributed by atoms with E-state index in [0.29, 0.717) is 12.5 Å². The number of nitrogens with zero attached hydrogens (tertiary/aromatic N) is 2. The van der Waals surface area contributed by atoms with Gasteiger partial charge in [-0.3, -0.25) is 0 Å². The number of thiazole rings is 1. The van der Waals surface area contributed by atoms with E-state index < -0.39 is 23.5 Å². The molecular formula is C16H18F5IN4S. The Morgan fingerprint density at radius 3 is 2.59 bits per heavy atom. The summed E-state index contributed by atoms with van der Waals surface area (Å²) in [5, 5.41) is 7.03. The van der Waals surface area contributed by atoms with Gasteiger partial charge in [0, 0.05) is 18.5 Å². The molecule has 0 atom stereocenters. The van der Waals surface area contributed by atoms with E-state index in [0.717, 1.165) is 22.8 Å². The lowest BCUT2D eigenvalue weighted by Gasteiger charge is -2.11. The number of guanidine groups is 1. The monoisotopic (exact) mass is 520 g/mol. The maximum absolute atomic E-state index is 13.6. The fourth-order valence-corrected chi connectivity index (χ4v) is 2.78. The quantitative estimate of drug-likeness (QED) is 0.258. The van der Waals surface area contributed by atoms with Crippen LogP contribution in [0.25, 0.3) is 0 Å². The van der Waals surface area contributed by atoms with E-state index in [1.54, 1.807) is 0 Å². The minimum absolute atomic E-state index is 0. The summed E-state index contributed by atoms with van der Waals surface area (Å²) < 4.78 is 64.4. The van der Waals surface area contributed by atoms with E-state index in [4.69, 9.17) is 0 Å². The van der Waals surface area contributed by atoms with Gasteiger partial charge >= 0.3 is 6.18 Å². The second kappa shape index (κ2) is 10.7. The van der Waals surface area contributed by atoms with Crippen LogP contribution in [0.3, 0.4) is 0 Å². The first-order chi connectivity index (χ1) is 12.3. The fraction of sp³-hybridized carbons (Fsp3) is 0.375. The number of hydrogen-bond donors (Lipinski definition) is 2. The molecule has 1 aromatic heterocycles. The van der Waals surface area contributed by atoms with Crippen molar-refractivity contribution in [2.75, 3.05) is 13.1 Å². The van der Waals surface area contributed by atoms with Crippen LogP contribution in [0.5, 0.6) is 0 Å². The molecule has 0 unspecified atom stereocenters. The zero-order valence-corrected chi connectivity index (χ0v) is 17.4. The Morgan fingerprint density at radius 1 is 1.22 bits per heavy atom. The van der Waals surface area contributed by atoms with Crippen LogP contribution in [-0.2, 0) is 19.1 Å². The number of nitrogens with one attached hydrogen (secondary N) is 2. The molecule has 2 N–H and O–H groups in total. The molecule has 0 bridgehead atoms. The lowest BCUT2D eigenvalue weighted by molar-refractivity contribution is -0.140. The number of halogens is 6. The Bertz CT molecular complexity index is 764. The molecule has 0 radical (unpaired) electrons. The molecule has 4 nitrogen and oxygen atoms in total. The van der Waals surface area contributed by atoms with E-state index >= 15 is 0 Å². The summed E-state index contributed by atoms with van der Waals surface area (Å²) >= 11 is 0.876. The summed E-state index contributed by atoms with van der Waals surface area (Å²) in [7, 11) is 0. The van der Waals surface area contributed by atoms with Crippen molar-refractivity contribution in [3.8, 4) is 0 Å². The first-order valence-corrected chi connectivity index (χ1v) is 8.66. The van der Waals surface area contributed by atoms with E-state index in [2.05, 4.69) is 20.6 Å². The molecule has 0 fully saturated rings. The highest BCUT2D eigenvalue weighted by Gasteiger charge is 2.33. The van der Waals surface area contributed by atoms with Crippen molar-refractivity contribution in [3.05, 3.63) is 51.5 Å². The Kier molecular flexibility index (Phi) is 9.36. The van der Waals surface area contributed by atoms with Gasteiger partial charge in [0.25, 0.3) is 0 Å². The highest BCUT2D eigenvalue weighted by Crippen LogP contribution is 2.30. The third kappa shape index (κ3) is 7.20. The van der Waals surface area contributed by atoms with Crippen LogP contribution in [0.15, 0.2) is 28.6 Å². The first-order valence-electron chi connectivity index (χ1n) is 7.78. The molecule has 0 aliphatic heterocycles. The average Bonchev–Trinajstić information content (AvgIpc) is 3.06. The number of rotatable bonds is 6. The standard InChI is InChI=1S/C16H17F5N4S.HI/c1-2-22-15(23-7-6-10-4-3-5-11(17)14(10)18)24-8-13-25-12(9-26-13)16(19,20)21;/h3-5,9H,2,6-8H2,1H3,(H2,22,23,24);1H. The predicted molar refractivity (Wildman–Crippen MR) is 105 cm³/mol. The van der Waals surface area contributed by atoms with Crippen molar-refractivity contribution in [1.29, 1.82) is 0 Å². The van der Waals surface area contributed by atoms with E-state index in [9.17, 15) is 22.0 Å². The van der Waals surface area contributed by atoms with Gasteiger partial charge in [0.2, 0.25) is 0 Å². The summed E-state index contributed by atoms with van der Waals surface area (Å²) in [4.78, 5) is 7.66. The summed E-state index contributed by atoms with van der Waals surface area (Å²) in [6, 6.07) is 3.95. The van der Waals surface area contributed by atoms with Gasteiger partial charge in [0.05, 0.1) is 6.54 Å². The maximum Gasteiger partial charge on any atom is 0.434 e. The molecule has 0 saturated heterocycles. The van der Waals surface area contributed by atoms with Crippen molar-refractivity contribution in [3.63, 3.8) is 0 Å². The van der Waals surface area contributed by atoms with Gasteiger partial charge < -0.3 is 10.6 Å². The fourth-order valence-electron chi connectivity index (χ4n) is 2.06. The predicted octanol–water partition coefficient (Wildman–Crippen LogP) is 4.36. The molecule has 1 heterocycles. The Labute approximate surface area is 174 Å². The highest BCUT2D eigenvalue weighted by atomic mass is 127. The number of aromatic nitrogens is 1. The van der Waals surface area contributed by atoms with Gasteiger partial charge in [-0.25, -0.2) is 18.8 Å². The van der Waals surface area contributed by atoms with Crippen molar-refractivity contribution < 1.29 is 22.0 Å². The van der Waals surface area contributed by atoms with Crippen molar-refractivity contribution in [1.82, 2.24) is 15.6 Å². The van der Waals surface area contributed by atoms with Crippen LogP contribution in [0.4, 0.5) is 22.0 Å². The molecular weight excluding hydrogens is 502 g/mol. The van der Waals surface area contributed by atoms with Gasteiger partial charge in [-0.1, -0.05) is 12.1 Å². The van der Waals surface area contributed by atoms with Gasteiger partial charge in [0.15, 0.2) is 23.3 Å². The van der Waals surface area contributed by atoms with Gasteiger partial charge in [-0.15, -0.1) is 35.3 Å². The smallest absolute Gasteiger partial charge is 0.357 e. The highest BCUT2D eigenvalue weighted by molar-refractivity contribution is 14.0. The van der Waals surface area contributed by atoms with Gasteiger partial charge in [-0.2, -0.15) is 13.2 Å². The third-order valence-electron chi connectivity index (χ3n) is 3.28. The summed E-state index contributed by atoms with van der Waals surface area (Å²) in [5.41, 5.74) is -0.713. The van der Waals surface area contributed by atoms with Crippen LogP contribution in [0, 0.1) is 11.6 Å². The van der Waals surface area contributed by atoms with E-state index in [-0.39, 0.29) is 54.1 Å². The van der Waals surface area contributed by atoms with Gasteiger partial charge in [-0.05, 0) is 25.0 Å². The molecule has 27 heavy (non-hydrogen) atoms. The van der Waals surface area contributed by atoms with E-state index in [1.165, 1.54) is 12.1 Å². The average molecular weight is 520 g/mol. The topological polar surface area (TPSA) is 49.3 Å². The molecule has 2 rings (SSSR count). The molecule has 150 valence electrons. The third-order valence-corrected chi connectivity index (χ3v) is 4.11. The molecule has 0 aliphatic carbocycles. The van der Waals surface area contributed by atoms with Crippen LogP contribution in [0.2, 0.25) is 0 Å². The molecule has 11 heteroatoms. The van der Waals surface area contributed by atoms with Crippen molar-refractivity contribution >= 4 is 41.3 Å². The first kappa shape index (κ1) is 23.5. The van der Waals surface area contributed by atoms with Crippen molar-refractivity contribution in [2.24, 2.45) is 4.99 Å². The van der Waals surface area contributed by atoms with Crippen molar-refractivity contribution in [2.45, 2.75) is 26.1 Å². The Morgan fingerprint density at radius 2 is 1.96 bits per heavy atom. The SMILES string of the molecule is CCNC(=NCc1nc(C(F)(F)F)cs1)NCCc1cccc(F)c1F.I. The number of aliphatic imine (C=N–C) groups is 1. The minimum atomic E-state index is -4.48. The van der Waals surface area contributed by atoms with Gasteiger partial charge in [0.1, 0.15) is 5.01 Å². The summed E-state index contributed by atoms with van der Waals surface area (Å²) in [5.74, 6) is -1.45. The minimum Gasteiger partial charge on any atom is -0.357 e. The zero-order chi connectivity index (χ0) is 19.2. The zero-order valence-electron chi connectivity index (χ0n) is 14.2. The van der Waals surface area contributed by atoms with Crippen LogP contribution in [-0.4, -0.2) is 24.0 Å². The second-order valence-electron chi connectivity index (χ2n) is 5.21. The Hall–Kier alpha value is -1.50. The lowest BCUT2D eigenvalue weighted by Crippen LogP contribution is -2.38. The van der Waals surface area contributed by atoms with Crippen LogP contribution >= 0.6 is 35.3 Å². The summed E-state index contributed by atoms with van der Waals surface area (Å²) in [6.07, 6.45) is -4.25. The number of hydrogen-bond acceptors (Lipinski definition) is 3. The molecule has 0 saturated carbocycles. The summed E-state index contributed by atoms with van der Waals surface area (Å²) in [6.45, 7) is 2.61. The molecule has 0 amide bonds. The number of benzene rings is 1. The molecule has 0 aliphatic rings. The second-order valence-corrected chi connectivity index (χ2v) is 6.15. The molecule has 1 aromatic carbocycles. The number of alkyl halides is 3. The molecule has 2 aromatic rings. The normalized spacial score (nSPS) is 11.9. The van der Waals surface area contributed by atoms with E-state index in [1.807, 2.05) is 6.92 Å². The lowest BCUT2D eigenvalue weighted by atomic mass is 10.1. The molecule has 0 spiro atoms. The van der Waals surface area contributed by atoms with Crippen LogP contribution < -0.4 is 10.6 Å². The maximum atomic E-state index is 13.6. The van der Waals surface area contributed by atoms with Crippen LogP contribution in [0.1, 0.15) is 23.2 Å². The largest absolute Gasteiger partial charge is 0.434 e.